The molecule has 3 aromatic rings. The Kier molecular flexibility index (Phi) is 4.34. The van der Waals surface area contributed by atoms with E-state index in [-0.39, 0.29) is 29.5 Å². The first-order chi connectivity index (χ1) is 11.6. The van der Waals surface area contributed by atoms with Crippen molar-refractivity contribution in [2.75, 3.05) is 11.9 Å². The van der Waals surface area contributed by atoms with Gasteiger partial charge in [0.25, 0.3) is 17.2 Å². The predicted molar refractivity (Wildman–Crippen MR) is 83.3 cm³/mol. The Morgan fingerprint density at radius 1 is 1.33 bits per heavy atom. The SMILES string of the molecule is CCOCc1cc(=O)n2[nH]c(NC(=O)c3ccc(F)cc3)nc2n1. The number of aromatic nitrogens is 4. The summed E-state index contributed by atoms with van der Waals surface area (Å²) in [4.78, 5) is 32.3. The van der Waals surface area contributed by atoms with E-state index < -0.39 is 11.7 Å². The zero-order valence-corrected chi connectivity index (χ0v) is 12.7. The van der Waals surface area contributed by atoms with Gasteiger partial charge in [-0.25, -0.2) is 9.37 Å². The minimum absolute atomic E-state index is 0.0579. The van der Waals surface area contributed by atoms with Crippen LogP contribution in [0.2, 0.25) is 0 Å². The lowest BCUT2D eigenvalue weighted by Crippen LogP contribution is -2.17. The zero-order chi connectivity index (χ0) is 17.1. The third-order valence-corrected chi connectivity index (χ3v) is 3.18. The first-order valence-corrected chi connectivity index (χ1v) is 7.20. The summed E-state index contributed by atoms with van der Waals surface area (Å²) in [5.74, 6) is -0.751. The molecule has 3 rings (SSSR count). The highest BCUT2D eigenvalue weighted by molar-refractivity contribution is 6.03. The molecule has 2 N–H and O–H groups in total. The van der Waals surface area contributed by atoms with Crippen molar-refractivity contribution in [3.8, 4) is 0 Å². The van der Waals surface area contributed by atoms with Crippen LogP contribution >= 0.6 is 0 Å². The topological polar surface area (TPSA) is 101 Å². The number of carbonyl (C=O) groups excluding carboxylic acids is 1. The molecule has 9 heteroatoms. The number of anilines is 1. The number of halogens is 1. The van der Waals surface area contributed by atoms with Gasteiger partial charge in [-0.05, 0) is 31.2 Å². The number of hydrogen-bond donors (Lipinski definition) is 2. The first kappa shape index (κ1) is 15.8. The van der Waals surface area contributed by atoms with E-state index in [1.54, 1.807) is 0 Å². The van der Waals surface area contributed by atoms with Crippen molar-refractivity contribution in [2.24, 2.45) is 0 Å². The van der Waals surface area contributed by atoms with Crippen LogP contribution in [0.5, 0.6) is 0 Å². The van der Waals surface area contributed by atoms with Gasteiger partial charge < -0.3 is 4.74 Å². The van der Waals surface area contributed by atoms with Crippen LogP contribution in [0, 0.1) is 5.82 Å². The van der Waals surface area contributed by atoms with E-state index in [0.717, 1.165) is 4.52 Å². The van der Waals surface area contributed by atoms with E-state index in [1.807, 2.05) is 6.92 Å². The number of ether oxygens (including phenoxy) is 1. The van der Waals surface area contributed by atoms with Crippen LogP contribution < -0.4 is 10.9 Å². The van der Waals surface area contributed by atoms with Crippen molar-refractivity contribution in [1.29, 1.82) is 0 Å². The Labute approximate surface area is 135 Å². The summed E-state index contributed by atoms with van der Waals surface area (Å²) in [5, 5.41) is 5.14. The Bertz CT molecular complexity index is 932. The Morgan fingerprint density at radius 3 is 2.79 bits per heavy atom. The lowest BCUT2D eigenvalue weighted by atomic mass is 10.2. The highest BCUT2D eigenvalue weighted by Gasteiger charge is 2.12. The molecule has 1 aromatic carbocycles. The molecule has 0 fully saturated rings. The molecular formula is C15H14FN5O3. The number of fused-ring (bicyclic) bond motifs is 1. The van der Waals surface area contributed by atoms with Crippen molar-refractivity contribution in [2.45, 2.75) is 13.5 Å². The van der Waals surface area contributed by atoms with E-state index in [2.05, 4.69) is 20.4 Å². The Balaban J connectivity index is 1.85. The number of H-pyrrole nitrogens is 1. The molecule has 0 saturated carbocycles. The van der Waals surface area contributed by atoms with Gasteiger partial charge >= 0.3 is 0 Å². The molecule has 2 aromatic heterocycles. The second kappa shape index (κ2) is 6.59. The summed E-state index contributed by atoms with van der Waals surface area (Å²) >= 11 is 0. The number of rotatable bonds is 5. The minimum atomic E-state index is -0.489. The molecule has 8 nitrogen and oxygen atoms in total. The van der Waals surface area contributed by atoms with Crippen LogP contribution in [-0.2, 0) is 11.3 Å². The molecule has 0 spiro atoms. The van der Waals surface area contributed by atoms with Crippen LogP contribution in [0.1, 0.15) is 23.0 Å². The van der Waals surface area contributed by atoms with Crippen molar-refractivity contribution < 1.29 is 13.9 Å². The Morgan fingerprint density at radius 2 is 2.08 bits per heavy atom. The normalized spacial score (nSPS) is 10.9. The largest absolute Gasteiger partial charge is 0.375 e. The van der Waals surface area contributed by atoms with E-state index >= 15 is 0 Å². The molecule has 1 amide bonds. The summed E-state index contributed by atoms with van der Waals surface area (Å²) < 4.78 is 19.2. The first-order valence-electron chi connectivity index (χ1n) is 7.20. The maximum Gasteiger partial charge on any atom is 0.274 e. The molecule has 24 heavy (non-hydrogen) atoms. The smallest absolute Gasteiger partial charge is 0.274 e. The maximum absolute atomic E-state index is 12.9. The molecule has 0 unspecified atom stereocenters. The van der Waals surface area contributed by atoms with Gasteiger partial charge in [0.15, 0.2) is 0 Å². The van der Waals surface area contributed by atoms with E-state index in [1.165, 1.54) is 30.3 Å². The number of aromatic amines is 1. The van der Waals surface area contributed by atoms with Gasteiger partial charge in [-0.15, -0.1) is 0 Å². The highest BCUT2D eigenvalue weighted by atomic mass is 19.1. The van der Waals surface area contributed by atoms with Crippen molar-refractivity contribution in [3.05, 3.63) is 57.8 Å². The molecule has 0 aliphatic rings. The summed E-state index contributed by atoms with van der Waals surface area (Å²) in [6.07, 6.45) is 0. The molecule has 124 valence electrons. The molecule has 0 bridgehead atoms. The summed E-state index contributed by atoms with van der Waals surface area (Å²) in [5.41, 5.74) is 0.337. The van der Waals surface area contributed by atoms with E-state index in [4.69, 9.17) is 4.74 Å². The molecule has 0 aliphatic heterocycles. The minimum Gasteiger partial charge on any atom is -0.375 e. The second-order valence-electron chi connectivity index (χ2n) is 4.89. The van der Waals surface area contributed by atoms with Gasteiger partial charge in [0.2, 0.25) is 5.95 Å². The maximum atomic E-state index is 12.9. The summed E-state index contributed by atoms with van der Waals surface area (Å²) in [7, 11) is 0. The average molecular weight is 331 g/mol. The van der Waals surface area contributed by atoms with E-state index in [9.17, 15) is 14.0 Å². The second-order valence-corrected chi connectivity index (χ2v) is 4.89. The highest BCUT2D eigenvalue weighted by Crippen LogP contribution is 2.07. The quantitative estimate of drug-likeness (QED) is 0.735. The van der Waals surface area contributed by atoms with Crippen molar-refractivity contribution in [3.63, 3.8) is 0 Å². The van der Waals surface area contributed by atoms with Gasteiger partial charge in [0.05, 0.1) is 12.3 Å². The fraction of sp³-hybridized carbons (Fsp3) is 0.200. The Hall–Kier alpha value is -3.07. The number of amides is 1. The molecular weight excluding hydrogens is 317 g/mol. The van der Waals surface area contributed by atoms with Gasteiger partial charge in [-0.1, -0.05) is 0 Å². The number of benzene rings is 1. The monoisotopic (exact) mass is 331 g/mol. The molecule has 0 aliphatic carbocycles. The molecule has 2 heterocycles. The van der Waals surface area contributed by atoms with E-state index in [0.29, 0.717) is 12.3 Å². The third-order valence-electron chi connectivity index (χ3n) is 3.18. The molecule has 0 radical (unpaired) electrons. The summed E-state index contributed by atoms with van der Waals surface area (Å²) in [6.45, 7) is 2.54. The van der Waals surface area contributed by atoms with Crippen molar-refractivity contribution in [1.82, 2.24) is 19.6 Å². The number of nitrogens with zero attached hydrogens (tertiary/aromatic N) is 3. The lowest BCUT2D eigenvalue weighted by molar-refractivity contribution is 0.102. The van der Waals surface area contributed by atoms with Gasteiger partial charge in [-0.2, -0.15) is 9.50 Å². The predicted octanol–water partition coefficient (Wildman–Crippen LogP) is 1.35. The zero-order valence-electron chi connectivity index (χ0n) is 12.7. The lowest BCUT2D eigenvalue weighted by Gasteiger charge is -2.00. The number of carbonyl (C=O) groups is 1. The summed E-state index contributed by atoms with van der Waals surface area (Å²) in [6, 6.07) is 6.38. The standard InChI is InChI=1S/C15H14FN5O3/c1-2-24-8-11-7-12(22)21-15(17-11)19-14(20-21)18-13(23)9-3-5-10(16)6-4-9/h3-7H,2,8H2,1H3,(H2,17,18,19,20,23). The van der Waals surface area contributed by atoms with Crippen LogP contribution in [0.15, 0.2) is 35.1 Å². The fourth-order valence-electron chi connectivity index (χ4n) is 2.04. The molecule has 0 saturated heterocycles. The van der Waals surface area contributed by atoms with Crippen LogP contribution in [0.4, 0.5) is 10.3 Å². The number of nitrogens with one attached hydrogen (secondary N) is 2. The third kappa shape index (κ3) is 3.30. The number of hydrogen-bond acceptors (Lipinski definition) is 5. The molecule has 0 atom stereocenters. The average Bonchev–Trinajstić information content (AvgIpc) is 2.96. The fourth-order valence-corrected chi connectivity index (χ4v) is 2.04. The van der Waals surface area contributed by atoms with Gasteiger partial charge in [0, 0.05) is 18.2 Å². The van der Waals surface area contributed by atoms with Crippen LogP contribution in [-0.4, -0.2) is 32.1 Å². The van der Waals surface area contributed by atoms with Gasteiger partial charge in [0.1, 0.15) is 5.82 Å². The van der Waals surface area contributed by atoms with Crippen LogP contribution in [0.25, 0.3) is 5.78 Å². The van der Waals surface area contributed by atoms with Crippen LogP contribution in [0.3, 0.4) is 0 Å². The van der Waals surface area contributed by atoms with Crippen molar-refractivity contribution >= 4 is 17.6 Å². The van der Waals surface area contributed by atoms with Gasteiger partial charge in [-0.3, -0.25) is 20.0 Å².